The highest BCUT2D eigenvalue weighted by atomic mass is 35.5. The van der Waals surface area contributed by atoms with Crippen molar-refractivity contribution in [2.45, 2.75) is 11.1 Å². The van der Waals surface area contributed by atoms with E-state index in [-0.39, 0.29) is 10.6 Å². The predicted molar refractivity (Wildman–Crippen MR) is 89.2 cm³/mol. The number of benzene rings is 2. The number of halogens is 4. The molecule has 25 heavy (non-hydrogen) atoms. The minimum atomic E-state index is -4.57. The average Bonchev–Trinajstić information content (AvgIpc) is 2.58. The molecule has 0 aliphatic rings. The van der Waals surface area contributed by atoms with E-state index in [1.54, 1.807) is 30.3 Å². The molecule has 0 bridgehead atoms. The molecule has 0 aliphatic carbocycles. The summed E-state index contributed by atoms with van der Waals surface area (Å²) < 4.78 is 38.3. The number of hydrogen-bond donors (Lipinski definition) is 2. The van der Waals surface area contributed by atoms with Crippen LogP contribution < -0.4 is 10.9 Å². The van der Waals surface area contributed by atoms with Crippen LogP contribution in [-0.2, 0) is 11.0 Å². The lowest BCUT2D eigenvalue weighted by molar-refractivity contribution is -0.137. The third-order valence-electron chi connectivity index (χ3n) is 2.96. The topological polar surface area (TPSA) is 58.2 Å². The van der Waals surface area contributed by atoms with Gasteiger partial charge >= 0.3 is 6.18 Å². The van der Waals surface area contributed by atoms with E-state index in [1.807, 2.05) is 0 Å². The largest absolute Gasteiger partial charge is 0.417 e. The number of carbonyl (C=O) groups excluding carboxylic acids is 2. The van der Waals surface area contributed by atoms with Gasteiger partial charge in [-0.05, 0) is 30.3 Å². The second-order valence-electron chi connectivity index (χ2n) is 4.80. The Balaban J connectivity index is 1.87. The zero-order chi connectivity index (χ0) is 18.4. The van der Waals surface area contributed by atoms with Gasteiger partial charge in [0, 0.05) is 10.5 Å². The Morgan fingerprint density at radius 1 is 1.04 bits per heavy atom. The van der Waals surface area contributed by atoms with Crippen molar-refractivity contribution in [1.29, 1.82) is 0 Å². The van der Waals surface area contributed by atoms with E-state index in [1.165, 1.54) is 6.07 Å². The number of thioether (sulfide) groups is 1. The van der Waals surface area contributed by atoms with Gasteiger partial charge in [-0.3, -0.25) is 20.4 Å². The monoisotopic (exact) mass is 388 g/mol. The quantitative estimate of drug-likeness (QED) is 0.616. The molecule has 132 valence electrons. The lowest BCUT2D eigenvalue weighted by Gasteiger charge is -2.11. The van der Waals surface area contributed by atoms with Gasteiger partial charge in [0.25, 0.3) is 5.91 Å². The second kappa shape index (κ2) is 8.26. The zero-order valence-electron chi connectivity index (χ0n) is 12.6. The lowest BCUT2D eigenvalue weighted by Crippen LogP contribution is -2.42. The normalized spacial score (nSPS) is 11.0. The number of nitrogens with one attached hydrogen (secondary N) is 2. The molecule has 0 saturated heterocycles. The van der Waals surface area contributed by atoms with Gasteiger partial charge in [-0.2, -0.15) is 13.2 Å². The molecule has 0 heterocycles. The molecule has 0 fully saturated rings. The van der Waals surface area contributed by atoms with Gasteiger partial charge < -0.3 is 0 Å². The maximum Gasteiger partial charge on any atom is 0.417 e. The Bertz CT molecular complexity index is 770. The fourth-order valence-electron chi connectivity index (χ4n) is 1.78. The second-order valence-corrected chi connectivity index (χ2v) is 6.25. The van der Waals surface area contributed by atoms with Crippen LogP contribution in [0, 0.1) is 0 Å². The fourth-order valence-corrected chi connectivity index (χ4v) is 2.74. The number of rotatable bonds is 4. The molecule has 2 N–H and O–H groups in total. The fraction of sp³-hybridized carbons (Fsp3) is 0.125. The highest BCUT2D eigenvalue weighted by molar-refractivity contribution is 8.00. The summed E-state index contributed by atoms with van der Waals surface area (Å²) in [5.41, 5.74) is 3.83. The third kappa shape index (κ3) is 5.68. The van der Waals surface area contributed by atoms with Crippen molar-refractivity contribution in [3.8, 4) is 0 Å². The van der Waals surface area contributed by atoms with E-state index in [0.717, 1.165) is 23.9 Å². The van der Waals surface area contributed by atoms with Crippen molar-refractivity contribution in [2.75, 3.05) is 5.75 Å². The lowest BCUT2D eigenvalue weighted by atomic mass is 10.2. The van der Waals surface area contributed by atoms with Crippen molar-refractivity contribution in [1.82, 2.24) is 10.9 Å². The predicted octanol–water partition coefficient (Wildman–Crippen LogP) is 3.91. The molecule has 0 aromatic heterocycles. The number of hydrogen-bond acceptors (Lipinski definition) is 3. The van der Waals surface area contributed by atoms with Gasteiger partial charge in [0.2, 0.25) is 5.91 Å². The molecule has 0 radical (unpaired) electrons. The molecule has 2 amide bonds. The number of amides is 2. The SMILES string of the molecule is O=C(CSc1ccc(Cl)c(C(F)(F)F)c1)NNC(=O)c1ccccc1. The number of carbonyl (C=O) groups is 2. The van der Waals surface area contributed by atoms with Crippen LogP contribution in [0.3, 0.4) is 0 Å². The van der Waals surface area contributed by atoms with Crippen molar-refractivity contribution in [3.05, 3.63) is 64.7 Å². The van der Waals surface area contributed by atoms with Gasteiger partial charge in [-0.15, -0.1) is 11.8 Å². The van der Waals surface area contributed by atoms with Gasteiger partial charge in [0.05, 0.1) is 16.3 Å². The average molecular weight is 389 g/mol. The molecular formula is C16H12ClF3N2O2S. The Morgan fingerprint density at radius 2 is 1.72 bits per heavy atom. The summed E-state index contributed by atoms with van der Waals surface area (Å²) >= 11 is 6.42. The van der Waals surface area contributed by atoms with Crippen LogP contribution in [0.4, 0.5) is 13.2 Å². The van der Waals surface area contributed by atoms with Crippen molar-refractivity contribution >= 4 is 35.2 Å². The van der Waals surface area contributed by atoms with Crippen LogP contribution >= 0.6 is 23.4 Å². The molecule has 0 saturated carbocycles. The maximum absolute atomic E-state index is 12.8. The summed E-state index contributed by atoms with van der Waals surface area (Å²) in [6, 6.07) is 11.6. The molecule has 0 aliphatic heterocycles. The van der Waals surface area contributed by atoms with E-state index >= 15 is 0 Å². The standard InChI is InChI=1S/C16H12ClF3N2O2S/c17-13-7-6-11(8-12(13)16(18,19)20)25-9-14(23)21-22-15(24)10-4-2-1-3-5-10/h1-8H,9H2,(H,21,23)(H,22,24). The molecule has 0 spiro atoms. The van der Waals surface area contributed by atoms with E-state index in [9.17, 15) is 22.8 Å². The molecular weight excluding hydrogens is 377 g/mol. The summed E-state index contributed by atoms with van der Waals surface area (Å²) in [6.45, 7) is 0. The molecule has 2 rings (SSSR count). The maximum atomic E-state index is 12.8. The van der Waals surface area contributed by atoms with Crippen LogP contribution in [-0.4, -0.2) is 17.6 Å². The Hall–Kier alpha value is -2.19. The summed E-state index contributed by atoms with van der Waals surface area (Å²) in [7, 11) is 0. The first-order valence-corrected chi connectivity index (χ1v) is 8.27. The van der Waals surface area contributed by atoms with Gasteiger partial charge in [-0.1, -0.05) is 29.8 Å². The highest BCUT2D eigenvalue weighted by Crippen LogP contribution is 2.36. The van der Waals surface area contributed by atoms with Crippen LogP contribution in [0.25, 0.3) is 0 Å². The Labute approximate surface area is 150 Å². The van der Waals surface area contributed by atoms with Gasteiger partial charge in [-0.25, -0.2) is 0 Å². The minimum Gasteiger partial charge on any atom is -0.272 e. The van der Waals surface area contributed by atoms with E-state index in [0.29, 0.717) is 5.56 Å². The Morgan fingerprint density at radius 3 is 2.36 bits per heavy atom. The first-order chi connectivity index (χ1) is 11.8. The Kier molecular flexibility index (Phi) is 6.33. The molecule has 0 atom stereocenters. The molecule has 2 aromatic carbocycles. The van der Waals surface area contributed by atoms with Crippen LogP contribution in [0.15, 0.2) is 53.4 Å². The van der Waals surface area contributed by atoms with Crippen molar-refractivity contribution in [3.63, 3.8) is 0 Å². The molecule has 0 unspecified atom stereocenters. The smallest absolute Gasteiger partial charge is 0.272 e. The van der Waals surface area contributed by atoms with Crippen molar-refractivity contribution < 1.29 is 22.8 Å². The van der Waals surface area contributed by atoms with Crippen LogP contribution in [0.5, 0.6) is 0 Å². The molecule has 4 nitrogen and oxygen atoms in total. The number of hydrazine groups is 1. The molecule has 9 heteroatoms. The summed E-state index contributed by atoms with van der Waals surface area (Å²) in [6.07, 6.45) is -4.57. The first-order valence-electron chi connectivity index (χ1n) is 6.91. The van der Waals surface area contributed by atoms with Crippen LogP contribution in [0.2, 0.25) is 5.02 Å². The highest BCUT2D eigenvalue weighted by Gasteiger charge is 2.33. The van der Waals surface area contributed by atoms with E-state index < -0.39 is 28.6 Å². The molecule has 2 aromatic rings. The van der Waals surface area contributed by atoms with Crippen LogP contribution in [0.1, 0.15) is 15.9 Å². The van der Waals surface area contributed by atoms with Gasteiger partial charge in [0.15, 0.2) is 0 Å². The zero-order valence-corrected chi connectivity index (χ0v) is 14.1. The summed E-state index contributed by atoms with van der Waals surface area (Å²) in [5.74, 6) is -1.23. The summed E-state index contributed by atoms with van der Waals surface area (Å²) in [5, 5.41) is -0.406. The number of alkyl halides is 3. The van der Waals surface area contributed by atoms with Gasteiger partial charge in [0.1, 0.15) is 0 Å². The minimum absolute atomic E-state index is 0.173. The van der Waals surface area contributed by atoms with E-state index in [4.69, 9.17) is 11.6 Å². The third-order valence-corrected chi connectivity index (χ3v) is 4.29. The summed E-state index contributed by atoms with van der Waals surface area (Å²) in [4.78, 5) is 23.7. The van der Waals surface area contributed by atoms with Crippen molar-refractivity contribution in [2.24, 2.45) is 0 Å². The first kappa shape index (κ1) is 19.1. The van der Waals surface area contributed by atoms with E-state index in [2.05, 4.69) is 10.9 Å².